The molecule has 0 saturated heterocycles. The van der Waals surface area contributed by atoms with Crippen LogP contribution in [0.3, 0.4) is 0 Å². The summed E-state index contributed by atoms with van der Waals surface area (Å²) in [5, 5.41) is 0.973. The van der Waals surface area contributed by atoms with E-state index in [0.29, 0.717) is 11.6 Å². The molecule has 1 N–H and O–H groups in total. The Kier molecular flexibility index (Phi) is 4.70. The van der Waals surface area contributed by atoms with Gasteiger partial charge in [0.1, 0.15) is 17.8 Å². The molecular weight excluding hydrogens is 378 g/mol. The standard InChI is InChI=1S/C19H23N5O3S/c1-12-16(4-5-17(23-12)27-3)28(25,26)10-13-8-14(9-13)24(2)19-15-6-7-20-18(15)21-11-22-19/h4-7,11,13-14H,8-10H2,1-3H3,(H,20,21,22)/t13-,14+. The Labute approximate surface area is 163 Å². The predicted molar refractivity (Wildman–Crippen MR) is 106 cm³/mol. The molecule has 1 aliphatic rings. The molecule has 0 spiro atoms. The molecule has 1 aliphatic carbocycles. The van der Waals surface area contributed by atoms with Crippen molar-refractivity contribution in [2.45, 2.75) is 30.7 Å². The zero-order valence-corrected chi connectivity index (χ0v) is 16.9. The van der Waals surface area contributed by atoms with Gasteiger partial charge in [-0.3, -0.25) is 0 Å². The Hall–Kier alpha value is -2.68. The van der Waals surface area contributed by atoms with Crippen molar-refractivity contribution in [3.63, 3.8) is 0 Å². The van der Waals surface area contributed by atoms with Gasteiger partial charge in [-0.2, -0.15) is 0 Å². The van der Waals surface area contributed by atoms with E-state index in [1.165, 1.54) is 7.11 Å². The molecule has 0 radical (unpaired) electrons. The number of nitrogens with one attached hydrogen (secondary N) is 1. The van der Waals surface area contributed by atoms with Gasteiger partial charge in [0.25, 0.3) is 0 Å². The molecule has 3 heterocycles. The van der Waals surface area contributed by atoms with Gasteiger partial charge in [0.2, 0.25) is 5.88 Å². The van der Waals surface area contributed by atoms with Crippen molar-refractivity contribution in [1.82, 2.24) is 19.9 Å². The summed E-state index contributed by atoms with van der Waals surface area (Å²) < 4.78 is 30.7. The number of sulfone groups is 1. The molecule has 8 nitrogen and oxygen atoms in total. The smallest absolute Gasteiger partial charge is 0.213 e. The summed E-state index contributed by atoms with van der Waals surface area (Å²) in [5.74, 6) is 1.55. The van der Waals surface area contributed by atoms with Gasteiger partial charge in [0, 0.05) is 25.4 Å². The average molecular weight is 401 g/mol. The molecule has 148 valence electrons. The zero-order valence-electron chi connectivity index (χ0n) is 16.1. The molecule has 0 atom stereocenters. The summed E-state index contributed by atoms with van der Waals surface area (Å²) in [7, 11) is 0.133. The van der Waals surface area contributed by atoms with Gasteiger partial charge >= 0.3 is 0 Å². The Morgan fingerprint density at radius 2 is 2.04 bits per heavy atom. The molecule has 1 fully saturated rings. The van der Waals surface area contributed by atoms with Crippen LogP contribution in [0.25, 0.3) is 11.0 Å². The minimum absolute atomic E-state index is 0.127. The van der Waals surface area contributed by atoms with E-state index < -0.39 is 9.84 Å². The maximum Gasteiger partial charge on any atom is 0.213 e. The predicted octanol–water partition coefficient (Wildman–Crippen LogP) is 2.36. The number of H-pyrrole nitrogens is 1. The highest BCUT2D eigenvalue weighted by molar-refractivity contribution is 7.91. The van der Waals surface area contributed by atoms with E-state index in [9.17, 15) is 8.42 Å². The number of rotatable bonds is 6. The molecule has 3 aromatic rings. The molecule has 28 heavy (non-hydrogen) atoms. The van der Waals surface area contributed by atoms with Crippen LogP contribution in [0.1, 0.15) is 18.5 Å². The van der Waals surface area contributed by atoms with Crippen LogP contribution in [-0.4, -0.2) is 54.3 Å². The molecule has 0 amide bonds. The number of methoxy groups -OCH3 is 1. The summed E-state index contributed by atoms with van der Waals surface area (Å²) in [6, 6.07) is 5.40. The van der Waals surface area contributed by atoms with E-state index in [0.717, 1.165) is 29.7 Å². The second-order valence-corrected chi connectivity index (χ2v) is 9.26. The molecule has 0 aromatic carbocycles. The van der Waals surface area contributed by atoms with Crippen molar-refractivity contribution in [2.24, 2.45) is 5.92 Å². The zero-order chi connectivity index (χ0) is 19.9. The summed E-state index contributed by atoms with van der Waals surface area (Å²) >= 11 is 0. The second kappa shape index (κ2) is 7.05. The lowest BCUT2D eigenvalue weighted by Crippen LogP contribution is -2.45. The Morgan fingerprint density at radius 1 is 1.25 bits per heavy atom. The Balaban J connectivity index is 1.43. The lowest BCUT2D eigenvalue weighted by atomic mass is 9.81. The third kappa shape index (κ3) is 3.30. The van der Waals surface area contributed by atoms with E-state index in [1.807, 2.05) is 19.3 Å². The molecular formula is C19H23N5O3S. The van der Waals surface area contributed by atoms with Gasteiger partial charge in [-0.25, -0.2) is 23.4 Å². The van der Waals surface area contributed by atoms with Gasteiger partial charge in [-0.15, -0.1) is 0 Å². The first-order valence-electron chi connectivity index (χ1n) is 9.14. The highest BCUT2D eigenvalue weighted by Crippen LogP contribution is 2.37. The van der Waals surface area contributed by atoms with E-state index >= 15 is 0 Å². The van der Waals surface area contributed by atoms with E-state index in [4.69, 9.17) is 4.74 Å². The minimum Gasteiger partial charge on any atom is -0.481 e. The normalized spacial score (nSPS) is 19.4. The number of aromatic amines is 1. The lowest BCUT2D eigenvalue weighted by molar-refractivity contribution is 0.282. The third-order valence-electron chi connectivity index (χ3n) is 5.44. The summed E-state index contributed by atoms with van der Waals surface area (Å²) in [5.41, 5.74) is 1.28. The summed E-state index contributed by atoms with van der Waals surface area (Å²) in [4.78, 5) is 18.3. The van der Waals surface area contributed by atoms with Gasteiger partial charge in [-0.05, 0) is 37.8 Å². The Bertz CT molecular complexity index is 1110. The molecule has 0 bridgehead atoms. The summed E-state index contributed by atoms with van der Waals surface area (Å²) in [6.07, 6.45) is 5.02. The fraction of sp³-hybridized carbons (Fsp3) is 0.421. The molecule has 9 heteroatoms. The highest BCUT2D eigenvalue weighted by atomic mass is 32.2. The van der Waals surface area contributed by atoms with Gasteiger partial charge in [0.05, 0.1) is 28.8 Å². The van der Waals surface area contributed by atoms with Gasteiger partial charge in [-0.1, -0.05) is 0 Å². The molecule has 0 unspecified atom stereocenters. The lowest BCUT2D eigenvalue weighted by Gasteiger charge is -2.41. The molecule has 3 aromatic heterocycles. The quantitative estimate of drug-likeness (QED) is 0.676. The number of fused-ring (bicyclic) bond motifs is 1. The topological polar surface area (TPSA) is 101 Å². The van der Waals surface area contributed by atoms with Gasteiger partial charge < -0.3 is 14.6 Å². The van der Waals surface area contributed by atoms with Crippen molar-refractivity contribution in [3.8, 4) is 5.88 Å². The maximum atomic E-state index is 12.8. The van der Waals surface area contributed by atoms with Crippen molar-refractivity contribution in [3.05, 3.63) is 36.4 Å². The van der Waals surface area contributed by atoms with Crippen LogP contribution in [-0.2, 0) is 9.84 Å². The molecule has 1 saturated carbocycles. The van der Waals surface area contributed by atoms with Crippen LogP contribution in [0.4, 0.5) is 5.82 Å². The molecule has 4 rings (SSSR count). The number of aryl methyl sites for hydroxylation is 1. The minimum atomic E-state index is -3.38. The van der Waals surface area contributed by atoms with Crippen molar-refractivity contribution in [1.29, 1.82) is 0 Å². The third-order valence-corrected chi connectivity index (χ3v) is 7.45. The first-order valence-corrected chi connectivity index (χ1v) is 10.8. The number of anilines is 1. The van der Waals surface area contributed by atoms with Crippen LogP contribution in [0.5, 0.6) is 5.88 Å². The number of nitrogens with zero attached hydrogens (tertiary/aromatic N) is 4. The first-order chi connectivity index (χ1) is 13.4. The van der Waals surface area contributed by atoms with E-state index in [2.05, 4.69) is 24.8 Å². The number of hydrogen-bond acceptors (Lipinski definition) is 7. The van der Waals surface area contributed by atoms with Gasteiger partial charge in [0.15, 0.2) is 9.84 Å². The van der Waals surface area contributed by atoms with Crippen LogP contribution in [0.2, 0.25) is 0 Å². The van der Waals surface area contributed by atoms with Crippen LogP contribution in [0, 0.1) is 12.8 Å². The van der Waals surface area contributed by atoms with Crippen molar-refractivity contribution >= 4 is 26.7 Å². The van der Waals surface area contributed by atoms with Crippen molar-refractivity contribution < 1.29 is 13.2 Å². The SMILES string of the molecule is COc1ccc(S(=O)(=O)C[C@H]2C[C@@H](N(C)c3ncnc4[nH]ccc34)C2)c(C)n1. The first kappa shape index (κ1) is 18.7. The second-order valence-electron chi connectivity index (χ2n) is 7.26. The molecule has 0 aliphatic heterocycles. The van der Waals surface area contributed by atoms with E-state index in [-0.39, 0.29) is 22.6 Å². The van der Waals surface area contributed by atoms with Crippen LogP contribution >= 0.6 is 0 Å². The van der Waals surface area contributed by atoms with Crippen LogP contribution in [0.15, 0.2) is 35.6 Å². The average Bonchev–Trinajstić information content (AvgIpc) is 3.12. The Morgan fingerprint density at radius 3 is 2.75 bits per heavy atom. The van der Waals surface area contributed by atoms with Crippen molar-refractivity contribution in [2.75, 3.05) is 24.8 Å². The summed E-state index contributed by atoms with van der Waals surface area (Å²) in [6.45, 7) is 1.70. The maximum absolute atomic E-state index is 12.8. The number of aromatic nitrogens is 4. The number of hydrogen-bond donors (Lipinski definition) is 1. The fourth-order valence-electron chi connectivity index (χ4n) is 3.83. The largest absolute Gasteiger partial charge is 0.481 e. The van der Waals surface area contributed by atoms with Crippen LogP contribution < -0.4 is 9.64 Å². The highest BCUT2D eigenvalue weighted by Gasteiger charge is 2.37. The number of ether oxygens (including phenoxy) is 1. The van der Waals surface area contributed by atoms with E-state index in [1.54, 1.807) is 25.4 Å². The number of pyridine rings is 1. The monoisotopic (exact) mass is 401 g/mol. The fourth-order valence-corrected chi connectivity index (χ4v) is 5.68.